The van der Waals surface area contributed by atoms with Crippen LogP contribution in [0.2, 0.25) is 9.36 Å². The summed E-state index contributed by atoms with van der Waals surface area (Å²) < 4.78 is 28.7. The zero-order chi connectivity index (χ0) is 26.0. The molecular formula is C26H22Cl2N4O3S2. The molecule has 7 nitrogen and oxygen atoms in total. The number of aryl methyl sites for hydroxylation is 1. The highest BCUT2D eigenvalue weighted by Crippen LogP contribution is 2.34. The van der Waals surface area contributed by atoms with Crippen LogP contribution in [-0.2, 0) is 16.4 Å². The first kappa shape index (κ1) is 25.5. The maximum Gasteiger partial charge on any atom is 0.328 e. The van der Waals surface area contributed by atoms with E-state index in [1.165, 1.54) is 6.07 Å². The summed E-state index contributed by atoms with van der Waals surface area (Å²) in [5.41, 5.74) is 6.41. The van der Waals surface area contributed by atoms with E-state index in [1.54, 1.807) is 0 Å². The number of carbonyl (C=O) groups is 1. The van der Waals surface area contributed by atoms with E-state index in [4.69, 9.17) is 23.2 Å². The molecule has 0 bridgehead atoms. The molecule has 2 aromatic carbocycles. The zero-order valence-electron chi connectivity index (χ0n) is 19.4. The van der Waals surface area contributed by atoms with E-state index in [9.17, 15) is 13.2 Å². The summed E-state index contributed by atoms with van der Waals surface area (Å²) in [4.78, 5) is 12.3. The maximum absolute atomic E-state index is 12.4. The minimum Gasteiger partial charge on any atom is -0.334 e. The van der Waals surface area contributed by atoms with Crippen molar-refractivity contribution in [2.75, 3.05) is 6.54 Å². The van der Waals surface area contributed by atoms with Crippen LogP contribution in [0.5, 0.6) is 0 Å². The van der Waals surface area contributed by atoms with E-state index in [1.807, 2.05) is 52.0 Å². The number of urea groups is 1. The molecule has 1 aliphatic rings. The quantitative estimate of drug-likeness (QED) is 0.283. The van der Waals surface area contributed by atoms with Gasteiger partial charge in [-0.05, 0) is 59.7 Å². The Bertz CT molecular complexity index is 1560. The number of hydrogen-bond acceptors (Lipinski definition) is 5. The number of nitrogens with one attached hydrogen (secondary N) is 2. The monoisotopic (exact) mass is 572 g/mol. The molecule has 4 aromatic rings. The number of rotatable bonds is 6. The van der Waals surface area contributed by atoms with E-state index in [2.05, 4.69) is 34.7 Å². The van der Waals surface area contributed by atoms with Crippen LogP contribution in [0.25, 0.3) is 22.4 Å². The third kappa shape index (κ3) is 5.60. The van der Waals surface area contributed by atoms with E-state index < -0.39 is 16.1 Å². The smallest absolute Gasteiger partial charge is 0.328 e. The summed E-state index contributed by atoms with van der Waals surface area (Å²) in [5.74, 6) is 0. The third-order valence-corrected chi connectivity index (χ3v) is 9.66. The first-order valence-electron chi connectivity index (χ1n) is 11.5. The molecule has 0 atom stereocenters. The maximum atomic E-state index is 12.4. The SMILES string of the molecule is O=C(NC/C=C1\CCCc2cnn(-c3ccc(-c4ccccc4)cc3)c21)NS(=O)(=O)c1cc(Cl)c(Cl)s1. The molecule has 0 saturated heterocycles. The van der Waals surface area contributed by atoms with E-state index in [0.717, 1.165) is 64.2 Å². The largest absolute Gasteiger partial charge is 0.334 e. The van der Waals surface area contributed by atoms with Crippen molar-refractivity contribution in [2.24, 2.45) is 0 Å². The Morgan fingerprint density at radius 2 is 1.78 bits per heavy atom. The normalized spacial score (nSPS) is 14.4. The summed E-state index contributed by atoms with van der Waals surface area (Å²) in [6.45, 7) is 0.153. The van der Waals surface area contributed by atoms with Crippen LogP contribution in [-0.4, -0.2) is 30.8 Å². The predicted molar refractivity (Wildman–Crippen MR) is 148 cm³/mol. The van der Waals surface area contributed by atoms with Crippen LogP contribution >= 0.6 is 34.5 Å². The fourth-order valence-electron chi connectivity index (χ4n) is 4.25. The molecule has 0 radical (unpaired) electrons. The number of fused-ring (bicyclic) bond motifs is 1. The van der Waals surface area contributed by atoms with Crippen molar-refractivity contribution in [3.63, 3.8) is 0 Å². The average Bonchev–Trinajstić information content (AvgIpc) is 3.48. The van der Waals surface area contributed by atoms with Crippen molar-refractivity contribution in [3.8, 4) is 16.8 Å². The van der Waals surface area contributed by atoms with Gasteiger partial charge in [0.1, 0.15) is 8.55 Å². The van der Waals surface area contributed by atoms with Gasteiger partial charge in [-0.15, -0.1) is 11.3 Å². The highest BCUT2D eigenvalue weighted by Gasteiger charge is 2.23. The number of aromatic nitrogens is 2. The van der Waals surface area contributed by atoms with Gasteiger partial charge in [0.05, 0.1) is 22.6 Å². The molecule has 0 fully saturated rings. The number of nitrogens with zero attached hydrogens (tertiary/aromatic N) is 2. The second kappa shape index (κ2) is 10.7. The number of allylic oxidation sites excluding steroid dienone is 1. The molecule has 2 heterocycles. The predicted octanol–water partition coefficient (Wildman–Crippen LogP) is 6.32. The van der Waals surface area contributed by atoms with Crippen LogP contribution < -0.4 is 10.0 Å². The number of hydrogen-bond donors (Lipinski definition) is 2. The van der Waals surface area contributed by atoms with Crippen molar-refractivity contribution >= 4 is 56.2 Å². The minimum atomic E-state index is -4.07. The molecule has 2 amide bonds. The number of halogens is 2. The van der Waals surface area contributed by atoms with Crippen LogP contribution in [0.3, 0.4) is 0 Å². The van der Waals surface area contributed by atoms with Crippen molar-refractivity contribution in [3.05, 3.63) is 93.6 Å². The fourth-order valence-corrected chi connectivity index (χ4v) is 7.06. The van der Waals surface area contributed by atoms with Crippen LogP contribution in [0, 0.1) is 0 Å². The first-order chi connectivity index (χ1) is 17.8. The number of sulfonamides is 1. The lowest BCUT2D eigenvalue weighted by molar-refractivity contribution is 0.247. The highest BCUT2D eigenvalue weighted by atomic mass is 35.5. The molecule has 5 rings (SSSR count). The summed E-state index contributed by atoms with van der Waals surface area (Å²) >= 11 is 12.5. The molecule has 1 aliphatic carbocycles. The minimum absolute atomic E-state index is 0.122. The van der Waals surface area contributed by atoms with Gasteiger partial charge < -0.3 is 5.32 Å². The number of amides is 2. The average molecular weight is 574 g/mol. The van der Waals surface area contributed by atoms with Crippen LogP contribution in [0.1, 0.15) is 24.1 Å². The lowest BCUT2D eigenvalue weighted by atomic mass is 9.92. The lowest BCUT2D eigenvalue weighted by Gasteiger charge is -2.18. The summed E-state index contributed by atoms with van der Waals surface area (Å²) in [7, 11) is -4.07. The van der Waals surface area contributed by atoms with Gasteiger partial charge >= 0.3 is 6.03 Å². The Kier molecular flexibility index (Phi) is 7.39. The Hall–Kier alpha value is -3.11. The van der Waals surface area contributed by atoms with E-state index in [-0.39, 0.29) is 20.1 Å². The molecule has 2 aromatic heterocycles. The zero-order valence-corrected chi connectivity index (χ0v) is 22.6. The van der Waals surface area contributed by atoms with E-state index >= 15 is 0 Å². The number of benzene rings is 2. The summed E-state index contributed by atoms with van der Waals surface area (Å²) in [6, 6.07) is 18.8. The van der Waals surface area contributed by atoms with Gasteiger partial charge in [-0.1, -0.05) is 71.7 Å². The van der Waals surface area contributed by atoms with E-state index in [0.29, 0.717) is 0 Å². The van der Waals surface area contributed by atoms with Crippen molar-refractivity contribution < 1.29 is 13.2 Å². The molecule has 37 heavy (non-hydrogen) atoms. The van der Waals surface area contributed by atoms with Gasteiger partial charge in [0, 0.05) is 6.54 Å². The highest BCUT2D eigenvalue weighted by molar-refractivity contribution is 7.92. The van der Waals surface area contributed by atoms with Gasteiger partial charge in [0.15, 0.2) is 0 Å². The Morgan fingerprint density at radius 3 is 2.49 bits per heavy atom. The molecule has 0 aliphatic heterocycles. The van der Waals surface area contributed by atoms with Gasteiger partial charge in [-0.2, -0.15) is 5.10 Å². The van der Waals surface area contributed by atoms with Crippen molar-refractivity contribution in [1.29, 1.82) is 0 Å². The molecular weight excluding hydrogens is 551 g/mol. The number of carbonyl (C=O) groups excluding carboxylic acids is 1. The molecule has 2 N–H and O–H groups in total. The third-order valence-electron chi connectivity index (χ3n) is 5.99. The molecule has 11 heteroatoms. The summed E-state index contributed by atoms with van der Waals surface area (Å²) in [5, 5.41) is 7.34. The van der Waals surface area contributed by atoms with Crippen molar-refractivity contribution in [2.45, 2.75) is 23.5 Å². The fraction of sp³-hybridized carbons (Fsp3) is 0.154. The molecule has 0 saturated carbocycles. The molecule has 190 valence electrons. The van der Waals surface area contributed by atoms with Gasteiger partial charge in [-0.3, -0.25) is 0 Å². The lowest BCUT2D eigenvalue weighted by Crippen LogP contribution is -2.39. The van der Waals surface area contributed by atoms with Gasteiger partial charge in [0.25, 0.3) is 10.0 Å². The molecule has 0 unspecified atom stereocenters. The number of thiophene rings is 1. The van der Waals surface area contributed by atoms with Crippen LogP contribution in [0.4, 0.5) is 4.79 Å². The standard InChI is InChI=1S/C26H22Cl2N4O3S2/c27-22-15-23(36-25(22)28)37(34,35)31-26(33)29-14-13-19-7-4-8-20-16-30-32(24(19)20)21-11-9-18(10-12-21)17-5-2-1-3-6-17/h1-3,5-6,9-13,15-16H,4,7-8,14H2,(H2,29,31,33)/b19-13+. The van der Waals surface area contributed by atoms with Crippen LogP contribution in [0.15, 0.2) is 77.1 Å². The van der Waals surface area contributed by atoms with Gasteiger partial charge in [0.2, 0.25) is 0 Å². The Labute approximate surface area is 228 Å². The summed E-state index contributed by atoms with van der Waals surface area (Å²) in [6.07, 6.45) is 6.51. The van der Waals surface area contributed by atoms with Crippen molar-refractivity contribution in [1.82, 2.24) is 19.8 Å². The second-order valence-corrected chi connectivity index (χ2v) is 12.4. The Morgan fingerprint density at radius 1 is 1.05 bits per heavy atom. The molecule has 0 spiro atoms. The Balaban J connectivity index is 1.30. The van der Waals surface area contributed by atoms with Gasteiger partial charge in [-0.25, -0.2) is 22.6 Å². The topological polar surface area (TPSA) is 93.1 Å². The second-order valence-electron chi connectivity index (χ2n) is 8.43. The first-order valence-corrected chi connectivity index (χ1v) is 14.5.